The molecular weight excluding hydrogens is 291 g/mol. The van der Waals surface area contributed by atoms with Crippen LogP contribution in [0.15, 0.2) is 47.4 Å². The first-order valence-corrected chi connectivity index (χ1v) is 8.04. The highest BCUT2D eigenvalue weighted by molar-refractivity contribution is 7.89. The number of fused-ring (bicyclic) bond motifs is 1. The van der Waals surface area contributed by atoms with Crippen molar-refractivity contribution >= 4 is 15.7 Å². The van der Waals surface area contributed by atoms with Gasteiger partial charge in [-0.1, -0.05) is 12.1 Å². The van der Waals surface area contributed by atoms with Gasteiger partial charge in [-0.25, -0.2) is 12.8 Å². The van der Waals surface area contributed by atoms with Crippen LogP contribution in [0.4, 0.5) is 10.1 Å². The maximum atomic E-state index is 13.3. The average Bonchev–Trinajstić information content (AvgIpc) is 2.46. The minimum atomic E-state index is -3.69. The molecule has 110 valence electrons. The van der Waals surface area contributed by atoms with Crippen molar-refractivity contribution in [1.29, 1.82) is 0 Å². The van der Waals surface area contributed by atoms with Crippen LogP contribution in [0.5, 0.6) is 0 Å². The van der Waals surface area contributed by atoms with Gasteiger partial charge in [0.1, 0.15) is 5.82 Å². The Morgan fingerprint density at radius 1 is 1.10 bits per heavy atom. The number of rotatable bonds is 2. The van der Waals surface area contributed by atoms with E-state index in [0.717, 1.165) is 17.2 Å². The van der Waals surface area contributed by atoms with Crippen LogP contribution in [0.1, 0.15) is 11.1 Å². The summed E-state index contributed by atoms with van der Waals surface area (Å²) in [5.74, 6) is -0.558. The van der Waals surface area contributed by atoms with Crippen LogP contribution in [0.25, 0.3) is 0 Å². The summed E-state index contributed by atoms with van der Waals surface area (Å²) >= 11 is 0. The highest BCUT2D eigenvalue weighted by Gasteiger charge is 2.28. The first-order valence-electron chi connectivity index (χ1n) is 6.60. The fraction of sp³-hybridized carbons (Fsp3) is 0.200. The Morgan fingerprint density at radius 2 is 1.90 bits per heavy atom. The fourth-order valence-corrected chi connectivity index (χ4v) is 3.98. The lowest BCUT2D eigenvalue weighted by atomic mass is 10.0. The maximum absolute atomic E-state index is 13.3. The van der Waals surface area contributed by atoms with Crippen LogP contribution in [0, 0.1) is 5.82 Å². The van der Waals surface area contributed by atoms with Crippen LogP contribution >= 0.6 is 0 Å². The molecule has 6 heteroatoms. The summed E-state index contributed by atoms with van der Waals surface area (Å²) in [6.45, 7) is 0.648. The van der Waals surface area contributed by atoms with Crippen LogP contribution in [0.2, 0.25) is 0 Å². The molecule has 3 rings (SSSR count). The second-order valence-electron chi connectivity index (χ2n) is 5.07. The van der Waals surface area contributed by atoms with E-state index in [2.05, 4.69) is 0 Å². The van der Waals surface area contributed by atoms with Gasteiger partial charge in [0.25, 0.3) is 0 Å². The van der Waals surface area contributed by atoms with Crippen LogP contribution < -0.4 is 5.73 Å². The summed E-state index contributed by atoms with van der Waals surface area (Å²) in [6.07, 6.45) is 0.629. The average molecular weight is 306 g/mol. The highest BCUT2D eigenvalue weighted by atomic mass is 32.2. The number of benzene rings is 2. The molecule has 4 nitrogen and oxygen atoms in total. The van der Waals surface area contributed by atoms with E-state index >= 15 is 0 Å². The predicted octanol–water partition coefficient (Wildman–Crippen LogP) is 2.15. The molecule has 21 heavy (non-hydrogen) atoms. The molecule has 0 amide bonds. The number of halogens is 1. The Bertz CT molecular complexity index is 790. The van der Waals surface area contributed by atoms with Gasteiger partial charge < -0.3 is 5.73 Å². The number of nitrogens with zero attached hydrogens (tertiary/aromatic N) is 1. The van der Waals surface area contributed by atoms with Crippen molar-refractivity contribution in [2.24, 2.45) is 0 Å². The lowest BCUT2D eigenvalue weighted by Crippen LogP contribution is -2.36. The standard InChI is InChI=1S/C15H15FN2O2S/c16-13-2-1-3-15(9-13)21(19,20)18-7-6-11-4-5-14(17)8-12(11)10-18/h1-5,8-9H,6-7,10,17H2. The summed E-state index contributed by atoms with van der Waals surface area (Å²) in [5, 5.41) is 0. The molecule has 0 atom stereocenters. The Balaban J connectivity index is 1.95. The van der Waals surface area contributed by atoms with Gasteiger partial charge in [0.05, 0.1) is 4.90 Å². The van der Waals surface area contributed by atoms with Crippen LogP contribution in [-0.2, 0) is 23.0 Å². The van der Waals surface area contributed by atoms with E-state index in [9.17, 15) is 12.8 Å². The monoisotopic (exact) mass is 306 g/mol. The number of sulfonamides is 1. The molecule has 0 aliphatic carbocycles. The minimum absolute atomic E-state index is 0.0187. The molecule has 2 aromatic rings. The normalized spacial score (nSPS) is 15.7. The molecule has 2 N–H and O–H groups in total. The maximum Gasteiger partial charge on any atom is 0.243 e. The van der Waals surface area contributed by atoms with Crippen molar-refractivity contribution < 1.29 is 12.8 Å². The molecule has 0 fully saturated rings. The third kappa shape index (κ3) is 2.64. The lowest BCUT2D eigenvalue weighted by molar-refractivity contribution is 0.391. The summed E-state index contributed by atoms with van der Waals surface area (Å²) in [4.78, 5) is -0.0187. The van der Waals surface area contributed by atoms with Crippen molar-refractivity contribution in [2.45, 2.75) is 17.9 Å². The first kappa shape index (κ1) is 14.0. The van der Waals surface area contributed by atoms with Crippen molar-refractivity contribution in [3.8, 4) is 0 Å². The van der Waals surface area contributed by atoms with Gasteiger partial charge in [0, 0.05) is 18.8 Å². The van der Waals surface area contributed by atoms with E-state index in [1.54, 1.807) is 6.07 Å². The second-order valence-corrected chi connectivity index (χ2v) is 7.01. The lowest BCUT2D eigenvalue weighted by Gasteiger charge is -2.28. The molecule has 2 aromatic carbocycles. The summed E-state index contributed by atoms with van der Waals surface area (Å²) in [7, 11) is -3.69. The molecule has 0 spiro atoms. The zero-order valence-electron chi connectivity index (χ0n) is 11.3. The Labute approximate surface area is 123 Å². The van der Waals surface area contributed by atoms with Gasteiger partial charge in [-0.05, 0) is 47.9 Å². The van der Waals surface area contributed by atoms with E-state index in [0.29, 0.717) is 18.7 Å². The molecule has 0 saturated heterocycles. The molecule has 0 aromatic heterocycles. The van der Waals surface area contributed by atoms with Crippen molar-refractivity contribution in [1.82, 2.24) is 4.31 Å². The van der Waals surface area contributed by atoms with E-state index in [-0.39, 0.29) is 11.4 Å². The van der Waals surface area contributed by atoms with Gasteiger partial charge in [-0.3, -0.25) is 0 Å². The van der Waals surface area contributed by atoms with Crippen LogP contribution in [-0.4, -0.2) is 19.3 Å². The Hall–Kier alpha value is -1.92. The van der Waals surface area contributed by atoms with E-state index < -0.39 is 15.8 Å². The van der Waals surface area contributed by atoms with E-state index in [4.69, 9.17) is 5.73 Å². The zero-order chi connectivity index (χ0) is 15.0. The number of anilines is 1. The number of nitrogen functional groups attached to an aromatic ring is 1. The van der Waals surface area contributed by atoms with Gasteiger partial charge in [0.15, 0.2) is 0 Å². The SMILES string of the molecule is Nc1ccc2c(c1)CN(S(=O)(=O)c1cccc(F)c1)CC2. The molecule has 0 unspecified atom stereocenters. The third-order valence-electron chi connectivity index (χ3n) is 3.64. The van der Waals surface area contributed by atoms with E-state index in [1.807, 2.05) is 12.1 Å². The third-order valence-corrected chi connectivity index (χ3v) is 5.48. The van der Waals surface area contributed by atoms with Gasteiger partial charge >= 0.3 is 0 Å². The minimum Gasteiger partial charge on any atom is -0.399 e. The van der Waals surface area contributed by atoms with Gasteiger partial charge in [-0.15, -0.1) is 0 Å². The van der Waals surface area contributed by atoms with E-state index in [1.165, 1.54) is 22.5 Å². The predicted molar refractivity (Wildman–Crippen MR) is 78.6 cm³/mol. The quantitative estimate of drug-likeness (QED) is 0.865. The molecule has 0 radical (unpaired) electrons. The summed E-state index contributed by atoms with van der Waals surface area (Å²) in [6, 6.07) is 10.6. The second kappa shape index (κ2) is 5.13. The van der Waals surface area contributed by atoms with Crippen LogP contribution in [0.3, 0.4) is 0 Å². The highest BCUT2D eigenvalue weighted by Crippen LogP contribution is 2.26. The zero-order valence-corrected chi connectivity index (χ0v) is 12.1. The molecular formula is C15H15FN2O2S. The van der Waals surface area contributed by atoms with Gasteiger partial charge in [-0.2, -0.15) is 4.31 Å². The van der Waals surface area contributed by atoms with Crippen molar-refractivity contribution in [3.05, 3.63) is 59.4 Å². The van der Waals surface area contributed by atoms with Crippen molar-refractivity contribution in [2.75, 3.05) is 12.3 Å². The number of hydrogen-bond donors (Lipinski definition) is 1. The molecule has 1 aliphatic rings. The first-order chi connectivity index (χ1) is 9.96. The number of hydrogen-bond acceptors (Lipinski definition) is 3. The van der Waals surface area contributed by atoms with Crippen molar-refractivity contribution in [3.63, 3.8) is 0 Å². The molecule has 1 heterocycles. The summed E-state index contributed by atoms with van der Waals surface area (Å²) in [5.41, 5.74) is 8.37. The number of nitrogens with two attached hydrogens (primary N) is 1. The van der Waals surface area contributed by atoms with Gasteiger partial charge in [0.2, 0.25) is 10.0 Å². The molecule has 0 saturated carbocycles. The summed E-state index contributed by atoms with van der Waals surface area (Å²) < 4.78 is 39.7. The smallest absolute Gasteiger partial charge is 0.243 e. The Kier molecular flexibility index (Phi) is 3.43. The topological polar surface area (TPSA) is 63.4 Å². The molecule has 0 bridgehead atoms. The fourth-order valence-electron chi connectivity index (χ4n) is 2.53. The Morgan fingerprint density at radius 3 is 2.67 bits per heavy atom. The molecule has 1 aliphatic heterocycles. The largest absolute Gasteiger partial charge is 0.399 e.